The van der Waals surface area contributed by atoms with Crippen molar-refractivity contribution in [1.82, 2.24) is 24.8 Å². The van der Waals surface area contributed by atoms with Crippen LogP contribution in [-0.2, 0) is 33.9 Å². The fourth-order valence-electron chi connectivity index (χ4n) is 3.14. The number of aromatic nitrogens is 3. The van der Waals surface area contributed by atoms with Crippen molar-refractivity contribution in [2.45, 2.75) is 44.9 Å². The number of carboxylic acid groups (broad SMARTS) is 2. The van der Waals surface area contributed by atoms with Gasteiger partial charge in [-0.1, -0.05) is 5.21 Å². The Labute approximate surface area is 197 Å². The molecule has 188 valence electrons. The van der Waals surface area contributed by atoms with Crippen LogP contribution in [0.1, 0.15) is 30.5 Å². The Balaban J connectivity index is 0.000000509. The molecule has 3 rings (SSSR count). The first-order chi connectivity index (χ1) is 16.0. The molecule has 3 heterocycles. The van der Waals surface area contributed by atoms with Crippen LogP contribution in [0.25, 0.3) is 0 Å². The van der Waals surface area contributed by atoms with Gasteiger partial charge in [0.25, 0.3) is 0 Å². The summed E-state index contributed by atoms with van der Waals surface area (Å²) < 4.78 is 33.4. The number of amides is 1. The number of halogens is 3. The molecular weight excluding hydrogens is 479 g/mol. The SMILES string of the molecule is O=C(O)C(F)(F)F.O=C(O)CCc1cn(CCCC(=O)N2CCN(Cc3ccsc3)CC2)nn1. The van der Waals surface area contributed by atoms with Crippen LogP contribution >= 0.6 is 11.3 Å². The van der Waals surface area contributed by atoms with Gasteiger partial charge >= 0.3 is 18.1 Å². The first-order valence-electron chi connectivity index (χ1n) is 10.5. The molecule has 2 N–H and O–H groups in total. The molecule has 1 aliphatic heterocycles. The van der Waals surface area contributed by atoms with Crippen molar-refractivity contribution in [2.75, 3.05) is 26.2 Å². The van der Waals surface area contributed by atoms with Gasteiger partial charge in [-0.05, 0) is 28.8 Å². The lowest BCUT2D eigenvalue weighted by atomic mass is 10.2. The van der Waals surface area contributed by atoms with Crippen LogP contribution in [0.4, 0.5) is 13.2 Å². The second kappa shape index (κ2) is 13.0. The third-order valence-corrected chi connectivity index (χ3v) is 5.64. The summed E-state index contributed by atoms with van der Waals surface area (Å²) in [6.45, 7) is 4.97. The van der Waals surface area contributed by atoms with E-state index in [1.807, 2.05) is 4.90 Å². The lowest BCUT2D eigenvalue weighted by Crippen LogP contribution is -2.48. The van der Waals surface area contributed by atoms with E-state index in [1.165, 1.54) is 5.56 Å². The van der Waals surface area contributed by atoms with Crippen LogP contribution in [0.3, 0.4) is 0 Å². The third-order valence-electron chi connectivity index (χ3n) is 4.91. The Hall–Kier alpha value is -3.00. The second-order valence-corrected chi connectivity index (χ2v) is 8.34. The zero-order chi connectivity index (χ0) is 25.1. The number of carbonyl (C=O) groups excluding carboxylic acids is 1. The van der Waals surface area contributed by atoms with Crippen molar-refractivity contribution in [3.05, 3.63) is 34.3 Å². The second-order valence-electron chi connectivity index (χ2n) is 7.56. The van der Waals surface area contributed by atoms with E-state index in [0.29, 0.717) is 31.5 Å². The number of alkyl halides is 3. The van der Waals surface area contributed by atoms with Gasteiger partial charge in [-0.3, -0.25) is 19.2 Å². The summed E-state index contributed by atoms with van der Waals surface area (Å²) in [4.78, 5) is 36.2. The summed E-state index contributed by atoms with van der Waals surface area (Å²) >= 11 is 1.72. The van der Waals surface area contributed by atoms with E-state index in [0.717, 1.165) is 32.7 Å². The van der Waals surface area contributed by atoms with Crippen molar-refractivity contribution < 1.29 is 37.8 Å². The van der Waals surface area contributed by atoms with E-state index in [9.17, 15) is 22.8 Å². The van der Waals surface area contributed by atoms with Gasteiger partial charge in [0.05, 0.1) is 12.1 Å². The fourth-order valence-corrected chi connectivity index (χ4v) is 3.80. The molecule has 1 aliphatic rings. The summed E-state index contributed by atoms with van der Waals surface area (Å²) in [5.41, 5.74) is 2.01. The molecule has 0 radical (unpaired) electrons. The van der Waals surface area contributed by atoms with E-state index in [4.69, 9.17) is 15.0 Å². The fraction of sp³-hybridized carbons (Fsp3) is 0.550. The van der Waals surface area contributed by atoms with Crippen LogP contribution in [0.5, 0.6) is 0 Å². The molecule has 2 aromatic rings. The molecule has 0 saturated carbocycles. The smallest absolute Gasteiger partial charge is 0.481 e. The van der Waals surface area contributed by atoms with E-state index >= 15 is 0 Å². The number of aryl methyl sites for hydroxylation is 2. The largest absolute Gasteiger partial charge is 0.490 e. The molecule has 10 nitrogen and oxygen atoms in total. The predicted octanol–water partition coefficient (Wildman–Crippen LogP) is 2.11. The van der Waals surface area contributed by atoms with Gasteiger partial charge in [0.1, 0.15) is 0 Å². The average molecular weight is 506 g/mol. The van der Waals surface area contributed by atoms with Crippen LogP contribution < -0.4 is 0 Å². The molecule has 1 fully saturated rings. The number of thiophene rings is 1. The minimum atomic E-state index is -5.08. The van der Waals surface area contributed by atoms with Gasteiger partial charge in [-0.15, -0.1) is 5.10 Å². The van der Waals surface area contributed by atoms with Gasteiger partial charge in [0.15, 0.2) is 0 Å². The molecule has 0 bridgehead atoms. The first-order valence-corrected chi connectivity index (χ1v) is 11.4. The lowest BCUT2D eigenvalue weighted by Gasteiger charge is -2.34. The molecule has 0 spiro atoms. The monoisotopic (exact) mass is 505 g/mol. The van der Waals surface area contributed by atoms with Crippen LogP contribution in [0, 0.1) is 0 Å². The van der Waals surface area contributed by atoms with Gasteiger partial charge < -0.3 is 15.1 Å². The molecule has 0 aromatic carbocycles. The van der Waals surface area contributed by atoms with Gasteiger partial charge in [-0.25, -0.2) is 4.79 Å². The van der Waals surface area contributed by atoms with Crippen molar-refractivity contribution >= 4 is 29.2 Å². The normalized spacial score (nSPS) is 14.4. The van der Waals surface area contributed by atoms with E-state index in [1.54, 1.807) is 22.2 Å². The summed E-state index contributed by atoms with van der Waals surface area (Å²) in [7, 11) is 0. The summed E-state index contributed by atoms with van der Waals surface area (Å²) in [5, 5.41) is 28.0. The number of hydrogen-bond acceptors (Lipinski definition) is 7. The maximum absolute atomic E-state index is 12.4. The highest BCUT2D eigenvalue weighted by Crippen LogP contribution is 2.13. The van der Waals surface area contributed by atoms with Crippen molar-refractivity contribution in [2.24, 2.45) is 0 Å². The number of nitrogens with zero attached hydrogens (tertiary/aromatic N) is 5. The van der Waals surface area contributed by atoms with Crippen molar-refractivity contribution in [3.8, 4) is 0 Å². The predicted molar refractivity (Wildman–Crippen MR) is 115 cm³/mol. The number of piperazine rings is 1. The zero-order valence-electron chi connectivity index (χ0n) is 18.3. The number of carboxylic acids is 2. The van der Waals surface area contributed by atoms with Crippen molar-refractivity contribution in [1.29, 1.82) is 0 Å². The highest BCUT2D eigenvalue weighted by molar-refractivity contribution is 7.07. The topological polar surface area (TPSA) is 129 Å². The van der Waals surface area contributed by atoms with E-state index in [2.05, 4.69) is 32.0 Å². The van der Waals surface area contributed by atoms with E-state index in [-0.39, 0.29) is 12.3 Å². The zero-order valence-corrected chi connectivity index (χ0v) is 19.1. The quantitative estimate of drug-likeness (QED) is 0.530. The summed E-state index contributed by atoms with van der Waals surface area (Å²) in [6.07, 6.45) is -1.69. The number of carbonyl (C=O) groups is 3. The molecule has 1 saturated heterocycles. The number of rotatable bonds is 9. The lowest BCUT2D eigenvalue weighted by molar-refractivity contribution is -0.192. The molecule has 14 heteroatoms. The maximum Gasteiger partial charge on any atom is 0.490 e. The molecule has 2 aromatic heterocycles. The van der Waals surface area contributed by atoms with Crippen molar-refractivity contribution in [3.63, 3.8) is 0 Å². The van der Waals surface area contributed by atoms with Crippen LogP contribution in [0.15, 0.2) is 23.0 Å². The molecule has 0 unspecified atom stereocenters. The Morgan fingerprint density at radius 3 is 2.32 bits per heavy atom. The first kappa shape index (κ1) is 27.2. The van der Waals surface area contributed by atoms with Gasteiger partial charge in [0, 0.05) is 58.3 Å². The molecule has 34 heavy (non-hydrogen) atoms. The third kappa shape index (κ3) is 9.87. The number of aliphatic carboxylic acids is 2. The minimum absolute atomic E-state index is 0.0512. The van der Waals surface area contributed by atoms with Gasteiger partial charge in [0.2, 0.25) is 5.91 Å². The Bertz CT molecular complexity index is 927. The summed E-state index contributed by atoms with van der Waals surface area (Å²) in [5.74, 6) is -3.41. The minimum Gasteiger partial charge on any atom is -0.481 e. The Morgan fingerprint density at radius 2 is 1.76 bits per heavy atom. The molecule has 1 amide bonds. The van der Waals surface area contributed by atoms with Crippen LogP contribution in [-0.4, -0.2) is 85.2 Å². The Morgan fingerprint density at radius 1 is 1.09 bits per heavy atom. The summed E-state index contributed by atoms with van der Waals surface area (Å²) in [6, 6.07) is 2.15. The Kier molecular flexibility index (Phi) is 10.4. The highest BCUT2D eigenvalue weighted by Gasteiger charge is 2.38. The molecule has 0 atom stereocenters. The maximum atomic E-state index is 12.4. The van der Waals surface area contributed by atoms with Crippen LogP contribution in [0.2, 0.25) is 0 Å². The number of hydrogen-bond donors (Lipinski definition) is 2. The van der Waals surface area contributed by atoms with E-state index < -0.39 is 18.1 Å². The average Bonchev–Trinajstić information content (AvgIpc) is 3.44. The van der Waals surface area contributed by atoms with Gasteiger partial charge in [-0.2, -0.15) is 24.5 Å². The molecular formula is C20H26F3N5O5S. The molecule has 0 aliphatic carbocycles. The highest BCUT2D eigenvalue weighted by atomic mass is 32.1. The standard InChI is InChI=1S/C18H25N5O3S.C2HF3O2/c24-17(2-1-6-23-13-16(19-20-23)3-4-18(25)26)22-9-7-21(8-10-22)12-15-5-11-27-14-15;3-2(4,5)1(6)7/h5,11,13-14H,1-4,6-10,12H2,(H,25,26);(H,6,7).